The molecule has 3 aromatic rings. The van der Waals surface area contributed by atoms with E-state index in [2.05, 4.69) is 4.98 Å². The van der Waals surface area contributed by atoms with Crippen LogP contribution in [0.25, 0.3) is 10.4 Å². The van der Waals surface area contributed by atoms with Crippen LogP contribution < -0.4 is 5.73 Å². The van der Waals surface area contributed by atoms with Gasteiger partial charge in [0, 0.05) is 27.9 Å². The van der Waals surface area contributed by atoms with E-state index in [9.17, 15) is 4.79 Å². The molecule has 0 atom stereocenters. The van der Waals surface area contributed by atoms with Crippen LogP contribution in [0.3, 0.4) is 0 Å². The molecule has 0 fully saturated rings. The number of thiophene rings is 1. The highest BCUT2D eigenvalue weighted by atomic mass is 35.5. The number of hydrogen-bond donors (Lipinski definition) is 1. The molecule has 0 unspecified atom stereocenters. The molecule has 0 aliphatic rings. The number of ketones is 1. The van der Waals surface area contributed by atoms with Crippen molar-refractivity contribution in [2.75, 3.05) is 5.73 Å². The topological polar surface area (TPSA) is 56.0 Å². The lowest BCUT2D eigenvalue weighted by Gasteiger charge is -2.00. The van der Waals surface area contributed by atoms with Crippen molar-refractivity contribution in [1.82, 2.24) is 4.98 Å². The Morgan fingerprint density at radius 3 is 2.43 bits per heavy atom. The number of rotatable bonds is 3. The average Bonchev–Trinajstić information content (AvgIpc) is 2.90. The molecule has 3 nitrogen and oxygen atoms in total. The summed E-state index contributed by atoms with van der Waals surface area (Å²) >= 11 is 7.23. The lowest BCUT2D eigenvalue weighted by Crippen LogP contribution is -2.02. The van der Waals surface area contributed by atoms with Crippen molar-refractivity contribution in [1.29, 1.82) is 0 Å². The minimum absolute atomic E-state index is 0.0966. The van der Waals surface area contributed by atoms with Gasteiger partial charge in [-0.3, -0.25) is 9.78 Å². The number of carbonyl (C=O) groups excluding carboxylic acids is 1. The zero-order chi connectivity index (χ0) is 14.8. The highest BCUT2D eigenvalue weighted by Gasteiger charge is 2.16. The Bertz CT molecular complexity index is 782. The number of nitrogens with two attached hydrogens (primary N) is 1. The molecule has 5 heteroatoms. The minimum Gasteiger partial charge on any atom is -0.390 e. The van der Waals surface area contributed by atoms with Gasteiger partial charge in [0.2, 0.25) is 0 Å². The van der Waals surface area contributed by atoms with Gasteiger partial charge < -0.3 is 5.73 Å². The first-order valence-corrected chi connectivity index (χ1v) is 7.44. The van der Waals surface area contributed by atoms with Crippen LogP contribution in [0, 0.1) is 0 Å². The summed E-state index contributed by atoms with van der Waals surface area (Å²) in [6, 6.07) is 12.4. The summed E-state index contributed by atoms with van der Waals surface area (Å²) < 4.78 is 0. The predicted octanol–water partition coefficient (Wildman–Crippen LogP) is 4.28. The molecule has 0 spiro atoms. The van der Waals surface area contributed by atoms with E-state index in [1.165, 1.54) is 11.3 Å². The summed E-state index contributed by atoms with van der Waals surface area (Å²) in [5.74, 6) is -0.0966. The number of hydrogen-bond acceptors (Lipinski definition) is 4. The van der Waals surface area contributed by atoms with Crippen molar-refractivity contribution in [2.45, 2.75) is 0 Å². The Kier molecular flexibility index (Phi) is 3.73. The maximum Gasteiger partial charge on any atom is 0.195 e. The number of carbonyl (C=O) groups is 1. The van der Waals surface area contributed by atoms with Crippen molar-refractivity contribution in [3.05, 3.63) is 71.0 Å². The van der Waals surface area contributed by atoms with Gasteiger partial charge >= 0.3 is 0 Å². The summed E-state index contributed by atoms with van der Waals surface area (Å²) in [5, 5.41) is 1.11. The Labute approximate surface area is 131 Å². The van der Waals surface area contributed by atoms with Gasteiger partial charge in [-0.05, 0) is 48.0 Å². The highest BCUT2D eigenvalue weighted by molar-refractivity contribution is 7.19. The van der Waals surface area contributed by atoms with E-state index in [0.29, 0.717) is 21.2 Å². The number of benzene rings is 1. The summed E-state index contributed by atoms with van der Waals surface area (Å²) in [4.78, 5) is 17.4. The monoisotopic (exact) mass is 314 g/mol. The largest absolute Gasteiger partial charge is 0.390 e. The molecule has 0 amide bonds. The van der Waals surface area contributed by atoms with Crippen molar-refractivity contribution in [2.24, 2.45) is 0 Å². The third-order valence-electron chi connectivity index (χ3n) is 3.08. The van der Waals surface area contributed by atoms with Gasteiger partial charge in [-0.2, -0.15) is 0 Å². The first-order chi connectivity index (χ1) is 10.1. The van der Waals surface area contributed by atoms with E-state index < -0.39 is 0 Å². The van der Waals surface area contributed by atoms with Crippen molar-refractivity contribution in [3.63, 3.8) is 0 Å². The van der Waals surface area contributed by atoms with Crippen LogP contribution >= 0.6 is 22.9 Å². The molecule has 0 saturated heterocycles. The van der Waals surface area contributed by atoms with Gasteiger partial charge in [-0.15, -0.1) is 11.3 Å². The third-order valence-corrected chi connectivity index (χ3v) is 4.34. The molecule has 21 heavy (non-hydrogen) atoms. The van der Waals surface area contributed by atoms with Crippen molar-refractivity contribution < 1.29 is 4.79 Å². The van der Waals surface area contributed by atoms with E-state index in [0.717, 1.165) is 10.4 Å². The van der Waals surface area contributed by atoms with E-state index in [1.807, 2.05) is 18.2 Å². The smallest absolute Gasteiger partial charge is 0.195 e. The van der Waals surface area contributed by atoms with Crippen molar-refractivity contribution in [3.8, 4) is 10.4 Å². The van der Waals surface area contributed by atoms with Gasteiger partial charge in [-0.1, -0.05) is 11.6 Å². The van der Waals surface area contributed by atoms with Crippen LogP contribution in [0.5, 0.6) is 0 Å². The standard InChI is InChI=1S/C16H11ClN2OS/c17-12-3-1-11(2-4-12)15(20)13-9-14(21-16(13)18)10-5-7-19-8-6-10/h1-9H,18H2. The van der Waals surface area contributed by atoms with Crippen LogP contribution in [0.1, 0.15) is 15.9 Å². The van der Waals surface area contributed by atoms with Crippen LogP contribution in [0.15, 0.2) is 54.9 Å². The molecule has 2 aromatic heterocycles. The van der Waals surface area contributed by atoms with E-state index >= 15 is 0 Å². The van der Waals surface area contributed by atoms with Gasteiger partial charge in [-0.25, -0.2) is 0 Å². The Morgan fingerprint density at radius 2 is 1.76 bits per heavy atom. The minimum atomic E-state index is -0.0966. The Hall–Kier alpha value is -2.17. The fraction of sp³-hybridized carbons (Fsp3) is 0. The molecular formula is C16H11ClN2OS. The van der Waals surface area contributed by atoms with Gasteiger partial charge in [0.15, 0.2) is 5.78 Å². The summed E-state index contributed by atoms with van der Waals surface area (Å²) in [6.45, 7) is 0. The van der Waals surface area contributed by atoms with Crippen LogP contribution in [-0.2, 0) is 0 Å². The second kappa shape index (κ2) is 5.68. The second-order valence-corrected chi connectivity index (χ2v) is 5.98. The zero-order valence-electron chi connectivity index (χ0n) is 10.9. The molecule has 104 valence electrons. The summed E-state index contributed by atoms with van der Waals surface area (Å²) in [5.41, 5.74) is 8.10. The SMILES string of the molecule is Nc1sc(-c2ccncc2)cc1C(=O)c1ccc(Cl)cc1. The van der Waals surface area contributed by atoms with E-state index in [1.54, 1.807) is 36.7 Å². The Balaban J connectivity index is 1.98. The number of halogens is 1. The molecule has 0 saturated carbocycles. The molecule has 2 N–H and O–H groups in total. The molecule has 0 bridgehead atoms. The number of nitrogens with zero attached hydrogens (tertiary/aromatic N) is 1. The molecule has 0 aliphatic carbocycles. The van der Waals surface area contributed by atoms with E-state index in [-0.39, 0.29) is 5.78 Å². The zero-order valence-corrected chi connectivity index (χ0v) is 12.5. The fourth-order valence-corrected chi connectivity index (χ4v) is 3.05. The van der Waals surface area contributed by atoms with Crippen LogP contribution in [0.4, 0.5) is 5.00 Å². The fourth-order valence-electron chi connectivity index (χ4n) is 2.00. The van der Waals surface area contributed by atoms with Crippen LogP contribution in [0.2, 0.25) is 5.02 Å². The van der Waals surface area contributed by atoms with E-state index in [4.69, 9.17) is 17.3 Å². The predicted molar refractivity (Wildman–Crippen MR) is 86.8 cm³/mol. The first kappa shape index (κ1) is 13.8. The van der Waals surface area contributed by atoms with Gasteiger partial charge in [0.25, 0.3) is 0 Å². The number of nitrogen functional groups attached to an aromatic ring is 1. The molecule has 2 heterocycles. The molecule has 1 aromatic carbocycles. The van der Waals surface area contributed by atoms with Gasteiger partial charge in [0.05, 0.1) is 10.6 Å². The second-order valence-electron chi connectivity index (χ2n) is 4.46. The van der Waals surface area contributed by atoms with Crippen LogP contribution in [-0.4, -0.2) is 10.8 Å². The Morgan fingerprint density at radius 1 is 1.10 bits per heavy atom. The summed E-state index contributed by atoms with van der Waals surface area (Å²) in [7, 11) is 0. The number of anilines is 1. The molecule has 3 rings (SSSR count). The highest BCUT2D eigenvalue weighted by Crippen LogP contribution is 2.34. The average molecular weight is 315 g/mol. The molecule has 0 aliphatic heterocycles. The third kappa shape index (κ3) is 2.82. The molecule has 0 radical (unpaired) electrons. The van der Waals surface area contributed by atoms with Crippen molar-refractivity contribution >= 4 is 33.7 Å². The van der Waals surface area contributed by atoms with Gasteiger partial charge in [0.1, 0.15) is 0 Å². The normalized spacial score (nSPS) is 10.5. The quantitative estimate of drug-likeness (QED) is 0.734. The number of pyridine rings is 1. The lowest BCUT2D eigenvalue weighted by molar-refractivity contribution is 0.104. The maximum absolute atomic E-state index is 12.5. The molecular weight excluding hydrogens is 304 g/mol. The number of aromatic nitrogens is 1. The first-order valence-electron chi connectivity index (χ1n) is 6.25. The maximum atomic E-state index is 12.5. The summed E-state index contributed by atoms with van der Waals surface area (Å²) in [6.07, 6.45) is 3.43. The lowest BCUT2D eigenvalue weighted by atomic mass is 10.0.